The molecule has 0 aliphatic rings. The van der Waals surface area contributed by atoms with Gasteiger partial charge >= 0.3 is 59.1 Å². The number of aliphatic hydroxyl groups is 4. The summed E-state index contributed by atoms with van der Waals surface area (Å²) in [6.07, 6.45) is -1.07. The Morgan fingerprint density at radius 3 is 1.19 bits per heavy atom. The summed E-state index contributed by atoms with van der Waals surface area (Å²) in [6, 6.07) is 7.18. The molecule has 4 unspecified atom stereocenters. The van der Waals surface area contributed by atoms with E-state index in [1.165, 1.54) is 61.8 Å². The van der Waals surface area contributed by atoms with Crippen LogP contribution in [0.15, 0.2) is 46.2 Å². The van der Waals surface area contributed by atoms with Gasteiger partial charge in [-0.15, -0.1) is 0 Å². The van der Waals surface area contributed by atoms with Crippen molar-refractivity contribution in [2.75, 3.05) is 46.6 Å². The van der Waals surface area contributed by atoms with E-state index in [2.05, 4.69) is 40.5 Å². The number of hydrogen-bond acceptors (Lipinski definition) is 20. The van der Waals surface area contributed by atoms with Crippen LogP contribution in [-0.4, -0.2) is 127 Å². The monoisotopic (exact) mass is 902 g/mol. The summed E-state index contributed by atoms with van der Waals surface area (Å²) in [5.74, 6) is -0.343. The minimum absolute atomic E-state index is 0. The quantitative estimate of drug-likeness (QED) is 0.0315. The van der Waals surface area contributed by atoms with E-state index in [0.717, 1.165) is 24.3 Å². The smallest absolute Gasteiger partial charge is 0.744 e. The number of aliphatic hydroxyl groups excluding tert-OH is 4. The minimum atomic E-state index is -5.15. The Labute approximate surface area is 389 Å². The molecule has 2 aromatic heterocycles. The molecule has 58 heavy (non-hydrogen) atoms. The molecular weight excluding hydrogens is 865 g/mol. The van der Waals surface area contributed by atoms with Crippen molar-refractivity contribution >= 4 is 90.8 Å². The minimum Gasteiger partial charge on any atom is -0.744 e. The Kier molecular flexibility index (Phi) is 20.1. The van der Waals surface area contributed by atoms with Gasteiger partial charge in [0, 0.05) is 37.6 Å². The molecule has 0 radical (unpaired) electrons. The van der Waals surface area contributed by atoms with Gasteiger partial charge < -0.3 is 50.0 Å². The molecule has 0 amide bonds. The zero-order valence-electron chi connectivity index (χ0n) is 32.1. The van der Waals surface area contributed by atoms with Gasteiger partial charge in [0.15, 0.2) is 0 Å². The molecule has 0 spiro atoms. The van der Waals surface area contributed by atoms with Crippen LogP contribution in [0, 0.1) is 0 Å². The van der Waals surface area contributed by atoms with Gasteiger partial charge in [0.25, 0.3) is 0 Å². The maximum atomic E-state index is 12.4. The van der Waals surface area contributed by atoms with Gasteiger partial charge in [-0.25, -0.2) is 16.8 Å². The zero-order valence-corrected chi connectivity index (χ0v) is 39.3. The van der Waals surface area contributed by atoms with Crippen LogP contribution in [0.1, 0.15) is 38.8 Å². The second-order valence-electron chi connectivity index (χ2n) is 12.7. The predicted molar refractivity (Wildman–Crippen MR) is 205 cm³/mol. The molecule has 0 saturated heterocycles. The van der Waals surface area contributed by atoms with Crippen molar-refractivity contribution in [2.45, 2.75) is 61.9 Å². The maximum Gasteiger partial charge on any atom is 1.00 e. The van der Waals surface area contributed by atoms with Crippen molar-refractivity contribution in [3.63, 3.8) is 0 Å². The molecule has 20 nitrogen and oxygen atoms in total. The fraction of sp³-hybridized carbons (Fsp3) is 0.375. The van der Waals surface area contributed by atoms with E-state index in [-0.39, 0.29) is 142 Å². The van der Waals surface area contributed by atoms with E-state index in [4.69, 9.17) is 23.2 Å². The topological polar surface area (TPSA) is 303 Å². The number of aromatic nitrogens is 6. The molecule has 0 bridgehead atoms. The predicted octanol–water partition coefficient (Wildman–Crippen LogP) is -4.03. The molecule has 0 aliphatic heterocycles. The fourth-order valence-electron chi connectivity index (χ4n) is 5.20. The van der Waals surface area contributed by atoms with Gasteiger partial charge in [0.2, 0.25) is 34.4 Å². The molecule has 4 rings (SSSR count). The van der Waals surface area contributed by atoms with Crippen molar-refractivity contribution in [3.05, 3.63) is 58.1 Å². The summed E-state index contributed by atoms with van der Waals surface area (Å²) >= 11 is 12.2. The van der Waals surface area contributed by atoms with E-state index >= 15 is 0 Å². The maximum absolute atomic E-state index is 12.4. The number of anilines is 6. The van der Waals surface area contributed by atoms with E-state index < -0.39 is 54.4 Å². The third-order valence-corrected chi connectivity index (χ3v) is 9.34. The molecule has 0 aliphatic carbocycles. The molecule has 2 heterocycles. The van der Waals surface area contributed by atoms with Crippen LogP contribution in [0.25, 0.3) is 12.2 Å². The molecule has 4 atom stereocenters. The van der Waals surface area contributed by atoms with Gasteiger partial charge in [0.05, 0.1) is 34.2 Å². The van der Waals surface area contributed by atoms with Crippen LogP contribution in [0.2, 0.25) is 10.6 Å². The average Bonchev–Trinajstić information content (AvgIpc) is 3.05. The number of nitrogens with one attached hydrogen (secondary N) is 2. The van der Waals surface area contributed by atoms with E-state index in [0.29, 0.717) is 0 Å². The SMILES string of the molecule is CC(O)CN(CC(C)O)c1nc(Cl)nc(Nc2ccc(C=Cc3ccc(Nc4nc(Cl)nc(N(CC(C)O)CC(C)O)n4)cc3S(=O)(=O)[O-])c(S(=O)(=O)[O-])c2)n1.[Na+].[Na+]. The molecule has 2 aromatic carbocycles. The number of halogens is 2. The summed E-state index contributed by atoms with van der Waals surface area (Å²) in [5.41, 5.74) is -0.269. The third-order valence-electron chi connectivity index (χ3n) is 7.22. The first kappa shape index (κ1) is 51.8. The molecule has 6 N–H and O–H groups in total. The second kappa shape index (κ2) is 22.5. The Balaban J connectivity index is 0.00000580. The van der Waals surface area contributed by atoms with Crippen LogP contribution in [0.5, 0.6) is 0 Å². The molecule has 0 fully saturated rings. The Morgan fingerprint density at radius 2 is 0.914 bits per heavy atom. The first-order valence-electron chi connectivity index (χ1n) is 16.5. The average molecular weight is 904 g/mol. The normalized spacial score (nSPS) is 13.8. The standard InChI is InChI=1S/C32H40Cl2N10O10S2.2Na/c1-17(45)13-43(14-18(2)46)31-39-27(33)37-29(41-31)35-23-9-7-21(25(11-23)55(49,50)51)5-6-22-8-10-24(12-26(22)56(52,53)54)36-30-38-28(34)40-32(42-30)44(15-19(3)47)16-20(4)48;;/h5-12,17-20,45-48H,13-16H2,1-4H3,(H,49,50,51)(H,52,53,54)(H,35,37,39,41)(H,36,38,40,42);;/q;2*+1/p-2. The summed E-state index contributed by atoms with van der Waals surface area (Å²) < 4.78 is 74.2. The molecule has 0 saturated carbocycles. The van der Waals surface area contributed by atoms with Gasteiger partial charge in [-0.3, -0.25) is 0 Å². The number of hydrogen-bond donors (Lipinski definition) is 6. The van der Waals surface area contributed by atoms with Crippen LogP contribution >= 0.6 is 23.2 Å². The first-order chi connectivity index (χ1) is 26.1. The fourth-order valence-corrected chi connectivity index (χ4v) is 6.90. The van der Waals surface area contributed by atoms with Crippen molar-refractivity contribution in [2.24, 2.45) is 0 Å². The van der Waals surface area contributed by atoms with E-state index in [1.54, 1.807) is 0 Å². The summed E-state index contributed by atoms with van der Waals surface area (Å²) in [5, 5.41) is 44.6. The largest absolute Gasteiger partial charge is 1.00 e. The van der Waals surface area contributed by atoms with Crippen LogP contribution < -0.4 is 79.5 Å². The number of rotatable bonds is 18. The second-order valence-corrected chi connectivity index (χ2v) is 16.0. The van der Waals surface area contributed by atoms with Gasteiger partial charge in [-0.2, -0.15) is 29.9 Å². The Bertz CT molecular complexity index is 2100. The van der Waals surface area contributed by atoms with Gasteiger partial charge in [-0.05, 0) is 86.3 Å². The van der Waals surface area contributed by atoms with E-state index in [1.807, 2.05) is 0 Å². The van der Waals surface area contributed by atoms with Crippen molar-refractivity contribution in [3.8, 4) is 0 Å². The number of benzene rings is 2. The number of nitrogens with zero attached hydrogens (tertiary/aromatic N) is 8. The Hall–Kier alpha value is -2.36. The van der Waals surface area contributed by atoms with Crippen molar-refractivity contribution < 1.29 is 105 Å². The van der Waals surface area contributed by atoms with Crippen LogP contribution in [-0.2, 0) is 20.2 Å². The van der Waals surface area contributed by atoms with Crippen molar-refractivity contribution in [1.29, 1.82) is 0 Å². The summed E-state index contributed by atoms with van der Waals surface area (Å²) in [4.78, 5) is 26.0. The zero-order chi connectivity index (χ0) is 41.5. The summed E-state index contributed by atoms with van der Waals surface area (Å²) in [6.45, 7) is 6.21. The molecular formula is C32H38Cl2N10Na2O10S2. The van der Waals surface area contributed by atoms with Crippen LogP contribution in [0.4, 0.5) is 35.2 Å². The third kappa shape index (κ3) is 15.9. The van der Waals surface area contributed by atoms with Crippen molar-refractivity contribution in [1.82, 2.24) is 29.9 Å². The molecule has 26 heteroatoms. The van der Waals surface area contributed by atoms with Gasteiger partial charge in [-0.1, -0.05) is 24.3 Å². The molecule has 4 aromatic rings. The Morgan fingerprint density at radius 1 is 0.603 bits per heavy atom. The van der Waals surface area contributed by atoms with E-state index in [9.17, 15) is 46.4 Å². The molecule has 304 valence electrons. The van der Waals surface area contributed by atoms with Crippen LogP contribution in [0.3, 0.4) is 0 Å². The van der Waals surface area contributed by atoms with Gasteiger partial charge in [0.1, 0.15) is 20.2 Å². The summed E-state index contributed by atoms with van der Waals surface area (Å²) in [7, 11) is -10.3. The first-order valence-corrected chi connectivity index (χ1v) is 20.1.